The minimum absolute atomic E-state index is 0.275. The molecule has 0 radical (unpaired) electrons. The quantitative estimate of drug-likeness (QED) is 0.787. The molecule has 2 aliphatic rings. The van der Waals surface area contributed by atoms with E-state index in [1.807, 2.05) is 11.3 Å². The van der Waals surface area contributed by atoms with Crippen LogP contribution in [0.25, 0.3) is 10.2 Å². The summed E-state index contributed by atoms with van der Waals surface area (Å²) in [5.74, 6) is 0. The van der Waals surface area contributed by atoms with Gasteiger partial charge in [-0.1, -0.05) is 6.07 Å². The summed E-state index contributed by atoms with van der Waals surface area (Å²) in [5.41, 5.74) is 1.77. The maximum atomic E-state index is 6.18. The molecule has 4 nitrogen and oxygen atoms in total. The molecule has 0 amide bonds. The number of hydrogen-bond acceptors (Lipinski definition) is 5. The Morgan fingerprint density at radius 2 is 1.76 bits per heavy atom. The van der Waals surface area contributed by atoms with E-state index in [1.165, 1.54) is 22.5 Å². The maximum absolute atomic E-state index is 6.18. The molecule has 6 heteroatoms. The summed E-state index contributed by atoms with van der Waals surface area (Å²) in [6.45, 7) is 9.43. The standard InChI is InChI=1S/C19H27BN2O2S/c1-17(2)18(3,4)24-20(23-17)13-7-8-15-14(11-13)21-16(25-15)19(9-10-19)12-22(5)6/h7-8,11H,9-10,12H2,1-6H3. The lowest BCUT2D eigenvalue weighted by molar-refractivity contribution is 0.00578. The molecule has 1 aromatic heterocycles. The van der Waals surface area contributed by atoms with Gasteiger partial charge in [-0.25, -0.2) is 4.98 Å². The van der Waals surface area contributed by atoms with Gasteiger partial charge in [-0.3, -0.25) is 0 Å². The summed E-state index contributed by atoms with van der Waals surface area (Å²) in [6.07, 6.45) is 2.49. The number of benzene rings is 1. The van der Waals surface area contributed by atoms with E-state index < -0.39 is 0 Å². The predicted octanol–water partition coefficient (Wildman–Crippen LogP) is 3.19. The third kappa shape index (κ3) is 2.93. The fraction of sp³-hybridized carbons (Fsp3) is 0.632. The zero-order chi connectivity index (χ0) is 18.0. The van der Waals surface area contributed by atoms with Gasteiger partial charge >= 0.3 is 7.12 Å². The van der Waals surface area contributed by atoms with E-state index in [2.05, 4.69) is 64.9 Å². The average molecular weight is 358 g/mol. The van der Waals surface area contributed by atoms with Crippen molar-refractivity contribution in [2.24, 2.45) is 0 Å². The summed E-state index contributed by atoms with van der Waals surface area (Å²) < 4.78 is 13.6. The molecule has 1 aliphatic heterocycles. The average Bonchev–Trinajstić information content (AvgIpc) is 3.06. The Balaban J connectivity index is 1.64. The Morgan fingerprint density at radius 1 is 1.12 bits per heavy atom. The predicted molar refractivity (Wildman–Crippen MR) is 105 cm³/mol. The Labute approximate surface area is 154 Å². The van der Waals surface area contributed by atoms with Crippen molar-refractivity contribution < 1.29 is 9.31 Å². The summed E-state index contributed by atoms with van der Waals surface area (Å²) in [5, 5.41) is 1.28. The monoisotopic (exact) mass is 358 g/mol. The van der Waals surface area contributed by atoms with E-state index in [9.17, 15) is 0 Å². The van der Waals surface area contributed by atoms with Crippen molar-refractivity contribution >= 4 is 34.1 Å². The van der Waals surface area contributed by atoms with Gasteiger partial charge in [0.1, 0.15) is 5.01 Å². The van der Waals surface area contributed by atoms with Crippen molar-refractivity contribution in [3.05, 3.63) is 23.2 Å². The second kappa shape index (κ2) is 5.52. The van der Waals surface area contributed by atoms with E-state index in [0.29, 0.717) is 0 Å². The van der Waals surface area contributed by atoms with Crippen LogP contribution >= 0.6 is 11.3 Å². The van der Waals surface area contributed by atoms with E-state index in [1.54, 1.807) is 0 Å². The van der Waals surface area contributed by atoms with Gasteiger partial charge in [0, 0.05) is 12.0 Å². The molecule has 2 fully saturated rings. The summed E-state index contributed by atoms with van der Waals surface area (Å²) in [7, 11) is 3.96. The molecule has 0 spiro atoms. The smallest absolute Gasteiger partial charge is 0.399 e. The van der Waals surface area contributed by atoms with Crippen LogP contribution in [0.3, 0.4) is 0 Å². The molecular weight excluding hydrogens is 331 g/mol. The number of fused-ring (bicyclic) bond motifs is 1. The molecule has 1 aromatic carbocycles. The molecule has 0 N–H and O–H groups in total. The number of aromatic nitrogens is 1. The Kier molecular flexibility index (Phi) is 3.86. The van der Waals surface area contributed by atoms with Crippen LogP contribution in [0.1, 0.15) is 45.5 Å². The highest BCUT2D eigenvalue weighted by Gasteiger charge is 2.52. The Bertz CT molecular complexity index is 795. The highest BCUT2D eigenvalue weighted by molar-refractivity contribution is 7.18. The highest BCUT2D eigenvalue weighted by Crippen LogP contribution is 2.50. The molecule has 0 unspecified atom stereocenters. The van der Waals surface area contributed by atoms with E-state index in [-0.39, 0.29) is 23.7 Å². The second-order valence-corrected chi connectivity index (χ2v) is 9.88. The summed E-state index contributed by atoms with van der Waals surface area (Å²) in [6, 6.07) is 6.43. The summed E-state index contributed by atoms with van der Waals surface area (Å²) >= 11 is 1.84. The normalized spacial score (nSPS) is 23.6. The fourth-order valence-corrected chi connectivity index (χ4v) is 4.68. The minimum Gasteiger partial charge on any atom is -0.399 e. The SMILES string of the molecule is CN(C)CC1(c2nc3cc(B4OC(C)(C)C(C)(C)O4)ccc3s2)CC1. The summed E-state index contributed by atoms with van der Waals surface area (Å²) in [4.78, 5) is 7.26. The number of likely N-dealkylation sites (N-methyl/N-ethyl adjacent to an activating group) is 1. The second-order valence-electron chi connectivity index (χ2n) is 8.85. The first kappa shape index (κ1) is 17.5. The Hall–Kier alpha value is -0.945. The number of hydrogen-bond donors (Lipinski definition) is 0. The van der Waals surface area contributed by atoms with Gasteiger partial charge in [-0.05, 0) is 72.2 Å². The molecular formula is C19H27BN2O2S. The lowest BCUT2D eigenvalue weighted by Gasteiger charge is -2.32. The van der Waals surface area contributed by atoms with Crippen LogP contribution in [0.15, 0.2) is 18.2 Å². The van der Waals surface area contributed by atoms with Crippen LogP contribution in [0, 0.1) is 0 Å². The van der Waals surface area contributed by atoms with Crippen molar-refractivity contribution in [3.8, 4) is 0 Å². The molecule has 25 heavy (non-hydrogen) atoms. The van der Waals surface area contributed by atoms with Gasteiger partial charge in [-0.2, -0.15) is 0 Å². The molecule has 2 aromatic rings. The molecule has 0 bridgehead atoms. The first-order chi connectivity index (χ1) is 11.6. The van der Waals surface area contributed by atoms with Crippen molar-refractivity contribution in [1.29, 1.82) is 0 Å². The van der Waals surface area contributed by atoms with Crippen molar-refractivity contribution in [2.45, 2.75) is 57.2 Å². The van der Waals surface area contributed by atoms with Gasteiger partial charge in [0.15, 0.2) is 0 Å². The van der Waals surface area contributed by atoms with Gasteiger partial charge < -0.3 is 14.2 Å². The van der Waals surface area contributed by atoms with E-state index >= 15 is 0 Å². The number of nitrogens with zero attached hydrogens (tertiary/aromatic N) is 2. The first-order valence-electron chi connectivity index (χ1n) is 9.03. The fourth-order valence-electron chi connectivity index (χ4n) is 3.49. The lowest BCUT2D eigenvalue weighted by Crippen LogP contribution is -2.41. The number of rotatable bonds is 4. The third-order valence-electron chi connectivity index (χ3n) is 5.86. The van der Waals surface area contributed by atoms with Crippen molar-refractivity contribution in [3.63, 3.8) is 0 Å². The lowest BCUT2D eigenvalue weighted by atomic mass is 9.79. The minimum atomic E-state index is -0.323. The maximum Gasteiger partial charge on any atom is 0.494 e. The first-order valence-corrected chi connectivity index (χ1v) is 9.85. The topological polar surface area (TPSA) is 34.6 Å². The molecule has 1 saturated heterocycles. The van der Waals surface area contributed by atoms with Crippen LogP contribution < -0.4 is 5.46 Å². The van der Waals surface area contributed by atoms with Gasteiger partial charge in [0.2, 0.25) is 0 Å². The van der Waals surface area contributed by atoms with Gasteiger partial charge in [-0.15, -0.1) is 11.3 Å². The number of thiazole rings is 1. The largest absolute Gasteiger partial charge is 0.494 e. The molecule has 134 valence electrons. The van der Waals surface area contributed by atoms with Gasteiger partial charge in [0.25, 0.3) is 0 Å². The molecule has 2 heterocycles. The van der Waals surface area contributed by atoms with Crippen LogP contribution in [0.2, 0.25) is 0 Å². The van der Waals surface area contributed by atoms with Crippen molar-refractivity contribution in [1.82, 2.24) is 9.88 Å². The van der Waals surface area contributed by atoms with E-state index in [0.717, 1.165) is 17.5 Å². The highest BCUT2D eigenvalue weighted by atomic mass is 32.1. The molecule has 0 atom stereocenters. The molecule has 4 rings (SSSR count). The molecule has 1 saturated carbocycles. The van der Waals surface area contributed by atoms with Crippen LogP contribution in [0.5, 0.6) is 0 Å². The van der Waals surface area contributed by atoms with Crippen LogP contribution in [-0.2, 0) is 14.7 Å². The van der Waals surface area contributed by atoms with Crippen LogP contribution in [-0.4, -0.2) is 48.8 Å². The zero-order valence-corrected chi connectivity index (χ0v) is 16.9. The molecule has 1 aliphatic carbocycles. The third-order valence-corrected chi connectivity index (χ3v) is 7.15. The van der Waals surface area contributed by atoms with Crippen molar-refractivity contribution in [2.75, 3.05) is 20.6 Å². The van der Waals surface area contributed by atoms with E-state index in [4.69, 9.17) is 14.3 Å². The van der Waals surface area contributed by atoms with Crippen LogP contribution in [0.4, 0.5) is 0 Å². The Morgan fingerprint density at radius 3 is 2.32 bits per heavy atom. The zero-order valence-electron chi connectivity index (χ0n) is 16.0. The van der Waals surface area contributed by atoms with Gasteiger partial charge in [0.05, 0.1) is 21.4 Å².